The summed E-state index contributed by atoms with van der Waals surface area (Å²) in [6.45, 7) is 4.14. The standard InChI is InChI=1S/C14H12BBr/c1-10(11-2-6-13(15)7-3-11)12-4-8-14(16)9-5-12/h2-9H,1,15H2. The molecule has 0 radical (unpaired) electrons. The Morgan fingerprint density at radius 3 is 1.81 bits per heavy atom. The van der Waals surface area contributed by atoms with E-state index in [4.69, 9.17) is 0 Å². The molecule has 0 atom stereocenters. The van der Waals surface area contributed by atoms with Crippen molar-refractivity contribution in [1.82, 2.24) is 0 Å². The maximum atomic E-state index is 4.14. The molecule has 0 heterocycles. The fourth-order valence-electron chi connectivity index (χ4n) is 1.57. The minimum absolute atomic E-state index is 1.06. The largest absolute Gasteiger partial charge is 0.139 e. The number of hydrogen-bond acceptors (Lipinski definition) is 0. The van der Waals surface area contributed by atoms with Crippen LogP contribution in [0.1, 0.15) is 11.1 Å². The fraction of sp³-hybridized carbons (Fsp3) is 0. The first-order valence-electron chi connectivity index (χ1n) is 5.19. The van der Waals surface area contributed by atoms with E-state index in [0.29, 0.717) is 0 Å². The Kier molecular flexibility index (Phi) is 3.30. The van der Waals surface area contributed by atoms with Crippen LogP contribution in [0.25, 0.3) is 5.57 Å². The van der Waals surface area contributed by atoms with Crippen molar-refractivity contribution < 1.29 is 0 Å². The van der Waals surface area contributed by atoms with Gasteiger partial charge in [0.25, 0.3) is 0 Å². The van der Waals surface area contributed by atoms with E-state index < -0.39 is 0 Å². The van der Waals surface area contributed by atoms with E-state index >= 15 is 0 Å². The highest BCUT2D eigenvalue weighted by molar-refractivity contribution is 9.10. The molecule has 2 aromatic carbocycles. The highest BCUT2D eigenvalue weighted by Gasteiger charge is 2.01. The van der Waals surface area contributed by atoms with Gasteiger partial charge in [0.15, 0.2) is 0 Å². The van der Waals surface area contributed by atoms with Gasteiger partial charge in [-0.25, -0.2) is 0 Å². The first kappa shape index (κ1) is 11.2. The van der Waals surface area contributed by atoms with Crippen molar-refractivity contribution in [2.45, 2.75) is 0 Å². The highest BCUT2D eigenvalue weighted by Crippen LogP contribution is 2.22. The predicted octanol–water partition coefficient (Wildman–Crippen LogP) is 2.77. The maximum Gasteiger partial charge on any atom is 0.139 e. The van der Waals surface area contributed by atoms with E-state index in [1.54, 1.807) is 0 Å². The second kappa shape index (κ2) is 4.71. The van der Waals surface area contributed by atoms with Gasteiger partial charge >= 0.3 is 0 Å². The van der Waals surface area contributed by atoms with Crippen LogP contribution in [0.5, 0.6) is 0 Å². The summed E-state index contributed by atoms with van der Waals surface area (Å²) < 4.78 is 1.09. The molecule has 0 amide bonds. The summed E-state index contributed by atoms with van der Waals surface area (Å²) in [7, 11) is 2.09. The van der Waals surface area contributed by atoms with Crippen LogP contribution < -0.4 is 5.46 Å². The molecule has 78 valence electrons. The number of benzene rings is 2. The number of rotatable bonds is 2. The SMILES string of the molecule is Bc1ccc(C(=C)c2ccc(Br)cc2)cc1. The molecular formula is C14H12BBr. The van der Waals surface area contributed by atoms with Crippen molar-refractivity contribution in [3.05, 3.63) is 70.7 Å². The van der Waals surface area contributed by atoms with Crippen LogP contribution in [0.2, 0.25) is 0 Å². The van der Waals surface area contributed by atoms with Crippen LogP contribution in [-0.4, -0.2) is 7.85 Å². The zero-order chi connectivity index (χ0) is 11.5. The molecule has 0 aliphatic rings. The second-order valence-electron chi connectivity index (χ2n) is 3.85. The van der Waals surface area contributed by atoms with Gasteiger partial charge in [0.05, 0.1) is 0 Å². The third kappa shape index (κ3) is 2.45. The van der Waals surface area contributed by atoms with Crippen LogP contribution >= 0.6 is 15.9 Å². The summed E-state index contributed by atoms with van der Waals surface area (Å²) in [5, 5.41) is 0. The second-order valence-corrected chi connectivity index (χ2v) is 4.77. The van der Waals surface area contributed by atoms with Crippen molar-refractivity contribution in [3.8, 4) is 0 Å². The highest BCUT2D eigenvalue weighted by atomic mass is 79.9. The molecule has 0 aromatic heterocycles. The molecule has 0 N–H and O–H groups in total. The molecule has 0 saturated carbocycles. The molecule has 2 rings (SSSR count). The van der Waals surface area contributed by atoms with Gasteiger partial charge in [-0.15, -0.1) is 0 Å². The lowest BCUT2D eigenvalue weighted by molar-refractivity contribution is 1.55. The molecular weight excluding hydrogens is 259 g/mol. The van der Waals surface area contributed by atoms with E-state index in [-0.39, 0.29) is 0 Å². The topological polar surface area (TPSA) is 0 Å². The molecule has 0 unspecified atom stereocenters. The van der Waals surface area contributed by atoms with Crippen LogP contribution in [0.3, 0.4) is 0 Å². The molecule has 2 heteroatoms. The minimum atomic E-state index is 1.06. The average Bonchev–Trinajstić information content (AvgIpc) is 2.30. The Bertz CT molecular complexity index is 450. The van der Waals surface area contributed by atoms with Crippen molar-refractivity contribution in [2.24, 2.45) is 0 Å². The van der Waals surface area contributed by atoms with Gasteiger partial charge in [-0.3, -0.25) is 0 Å². The van der Waals surface area contributed by atoms with Gasteiger partial charge in [-0.1, -0.05) is 64.4 Å². The van der Waals surface area contributed by atoms with Gasteiger partial charge in [-0.2, -0.15) is 0 Å². The third-order valence-electron chi connectivity index (χ3n) is 2.59. The first-order chi connectivity index (χ1) is 7.66. The smallest absolute Gasteiger partial charge is 0.0906 e. The molecule has 0 fully saturated rings. The Morgan fingerprint density at radius 1 is 0.875 bits per heavy atom. The molecule has 0 bridgehead atoms. The van der Waals surface area contributed by atoms with E-state index in [9.17, 15) is 0 Å². The lowest BCUT2D eigenvalue weighted by atomic mass is 9.92. The summed E-state index contributed by atoms with van der Waals surface area (Å²) in [5.41, 5.74) is 4.67. The van der Waals surface area contributed by atoms with Crippen LogP contribution in [0.4, 0.5) is 0 Å². The summed E-state index contributed by atoms with van der Waals surface area (Å²) in [6, 6.07) is 16.7. The van der Waals surface area contributed by atoms with E-state index in [1.807, 2.05) is 12.1 Å². The maximum absolute atomic E-state index is 4.14. The van der Waals surface area contributed by atoms with Crippen molar-refractivity contribution in [3.63, 3.8) is 0 Å². The Balaban J connectivity index is 2.32. The Hall–Kier alpha value is -1.28. The normalized spacial score (nSPS) is 10.1. The van der Waals surface area contributed by atoms with Crippen LogP contribution in [0.15, 0.2) is 59.6 Å². The monoisotopic (exact) mass is 270 g/mol. The van der Waals surface area contributed by atoms with Crippen molar-refractivity contribution in [1.29, 1.82) is 0 Å². The zero-order valence-electron chi connectivity index (χ0n) is 9.20. The van der Waals surface area contributed by atoms with Crippen LogP contribution in [-0.2, 0) is 0 Å². The molecule has 0 saturated heterocycles. The van der Waals surface area contributed by atoms with Gasteiger partial charge in [-0.05, 0) is 28.8 Å². The predicted molar refractivity (Wildman–Crippen MR) is 76.9 cm³/mol. The number of hydrogen-bond donors (Lipinski definition) is 0. The van der Waals surface area contributed by atoms with Gasteiger partial charge in [0.2, 0.25) is 0 Å². The van der Waals surface area contributed by atoms with Gasteiger partial charge in [0, 0.05) is 4.47 Å². The van der Waals surface area contributed by atoms with Crippen molar-refractivity contribution in [2.75, 3.05) is 0 Å². The number of halogens is 1. The molecule has 16 heavy (non-hydrogen) atoms. The summed E-state index contributed by atoms with van der Waals surface area (Å²) in [5.74, 6) is 0. The molecule has 0 aliphatic carbocycles. The zero-order valence-corrected chi connectivity index (χ0v) is 10.8. The van der Waals surface area contributed by atoms with E-state index in [1.165, 1.54) is 11.0 Å². The fourth-order valence-corrected chi connectivity index (χ4v) is 1.84. The van der Waals surface area contributed by atoms with Gasteiger partial charge in [0.1, 0.15) is 7.85 Å². The quantitative estimate of drug-likeness (QED) is 0.737. The van der Waals surface area contributed by atoms with Crippen molar-refractivity contribution >= 4 is 34.8 Å². The Morgan fingerprint density at radius 2 is 1.31 bits per heavy atom. The van der Waals surface area contributed by atoms with E-state index in [2.05, 4.69) is 66.8 Å². The molecule has 0 spiro atoms. The lowest BCUT2D eigenvalue weighted by Gasteiger charge is -2.06. The summed E-state index contributed by atoms with van der Waals surface area (Å²) in [4.78, 5) is 0. The third-order valence-corrected chi connectivity index (χ3v) is 3.12. The minimum Gasteiger partial charge on any atom is -0.0906 e. The van der Waals surface area contributed by atoms with Gasteiger partial charge < -0.3 is 0 Å². The summed E-state index contributed by atoms with van der Waals surface area (Å²) in [6.07, 6.45) is 0. The lowest BCUT2D eigenvalue weighted by Crippen LogP contribution is -2.00. The summed E-state index contributed by atoms with van der Waals surface area (Å²) >= 11 is 3.43. The molecule has 0 nitrogen and oxygen atoms in total. The average molecular weight is 271 g/mol. The molecule has 0 aliphatic heterocycles. The van der Waals surface area contributed by atoms with Crippen LogP contribution in [0, 0.1) is 0 Å². The first-order valence-corrected chi connectivity index (χ1v) is 5.98. The Labute approximate surface area is 106 Å². The molecule has 2 aromatic rings. The van der Waals surface area contributed by atoms with E-state index in [0.717, 1.165) is 15.6 Å².